The summed E-state index contributed by atoms with van der Waals surface area (Å²) in [4.78, 5) is 23.8. The van der Waals surface area contributed by atoms with Gasteiger partial charge in [-0.3, -0.25) is 0 Å². The molecule has 2 rings (SSSR count). The number of carbonyl (C=O) groups excluding carboxylic acids is 2. The highest BCUT2D eigenvalue weighted by Gasteiger charge is 2.34. The number of nitrogens with zero attached hydrogens (tertiary/aromatic N) is 2. The molecule has 22 heavy (non-hydrogen) atoms. The third-order valence-electron chi connectivity index (χ3n) is 2.89. The van der Waals surface area contributed by atoms with E-state index in [0.717, 1.165) is 18.9 Å². The Hall–Kier alpha value is -2.77. The van der Waals surface area contributed by atoms with Gasteiger partial charge >= 0.3 is 11.9 Å². The molecule has 2 aromatic rings. The van der Waals surface area contributed by atoms with Crippen molar-refractivity contribution in [3.05, 3.63) is 47.3 Å². The minimum atomic E-state index is -3.05. The van der Waals surface area contributed by atoms with Crippen LogP contribution in [0.2, 0.25) is 0 Å². The van der Waals surface area contributed by atoms with Crippen LogP contribution in [0, 0.1) is 0 Å². The van der Waals surface area contributed by atoms with Crippen molar-refractivity contribution < 1.29 is 27.8 Å². The van der Waals surface area contributed by atoms with Crippen molar-refractivity contribution in [3.8, 4) is 5.69 Å². The number of hydrogen-bond donors (Lipinski definition) is 0. The SMILES string of the molecule is COC(=O)c1c(C(F)F)nn(-c2ccccc2)c1C(=O)OC. The number of alkyl halides is 2. The van der Waals surface area contributed by atoms with Gasteiger partial charge in [-0.2, -0.15) is 5.10 Å². The van der Waals surface area contributed by atoms with Gasteiger partial charge < -0.3 is 9.47 Å². The van der Waals surface area contributed by atoms with Gasteiger partial charge in [-0.25, -0.2) is 23.1 Å². The fraction of sp³-hybridized carbons (Fsp3) is 0.214. The van der Waals surface area contributed by atoms with E-state index in [2.05, 4.69) is 14.6 Å². The van der Waals surface area contributed by atoms with Crippen molar-refractivity contribution in [3.63, 3.8) is 0 Å². The smallest absolute Gasteiger partial charge is 0.357 e. The van der Waals surface area contributed by atoms with E-state index >= 15 is 0 Å². The highest BCUT2D eigenvalue weighted by Crippen LogP contribution is 2.28. The molecule has 1 heterocycles. The number of hydrogen-bond acceptors (Lipinski definition) is 5. The number of para-hydroxylation sites is 1. The Kier molecular flexibility index (Phi) is 4.50. The zero-order valence-corrected chi connectivity index (χ0v) is 11.7. The summed E-state index contributed by atoms with van der Waals surface area (Å²) >= 11 is 0. The molecule has 0 radical (unpaired) electrons. The maximum absolute atomic E-state index is 13.2. The largest absolute Gasteiger partial charge is 0.465 e. The second kappa shape index (κ2) is 6.33. The molecule has 1 aromatic heterocycles. The lowest BCUT2D eigenvalue weighted by molar-refractivity contribution is 0.0544. The van der Waals surface area contributed by atoms with Crippen molar-refractivity contribution in [1.82, 2.24) is 9.78 Å². The summed E-state index contributed by atoms with van der Waals surface area (Å²) in [6.45, 7) is 0. The quantitative estimate of drug-likeness (QED) is 0.811. The molecule has 1 aromatic carbocycles. The molecule has 0 saturated heterocycles. The molecule has 8 heteroatoms. The maximum atomic E-state index is 13.2. The molecule has 0 amide bonds. The summed E-state index contributed by atoms with van der Waals surface area (Å²) in [6, 6.07) is 8.08. The summed E-state index contributed by atoms with van der Waals surface area (Å²) < 4.78 is 36.3. The number of ether oxygens (including phenoxy) is 2. The van der Waals surface area contributed by atoms with Crippen LogP contribution in [0.3, 0.4) is 0 Å². The molecule has 116 valence electrons. The average Bonchev–Trinajstić information content (AvgIpc) is 2.94. The fourth-order valence-corrected chi connectivity index (χ4v) is 1.93. The summed E-state index contributed by atoms with van der Waals surface area (Å²) in [5.41, 5.74) is -1.51. The van der Waals surface area contributed by atoms with E-state index in [9.17, 15) is 18.4 Å². The van der Waals surface area contributed by atoms with Crippen LogP contribution < -0.4 is 0 Å². The Morgan fingerprint density at radius 3 is 2.18 bits per heavy atom. The van der Waals surface area contributed by atoms with E-state index in [4.69, 9.17) is 0 Å². The average molecular weight is 310 g/mol. The number of rotatable bonds is 4. The van der Waals surface area contributed by atoms with Crippen LogP contribution in [0.4, 0.5) is 8.78 Å². The highest BCUT2D eigenvalue weighted by atomic mass is 19.3. The van der Waals surface area contributed by atoms with Gasteiger partial charge in [0, 0.05) is 0 Å². The summed E-state index contributed by atoms with van der Waals surface area (Å²) in [5.74, 6) is -2.05. The molecule has 0 unspecified atom stereocenters. The van der Waals surface area contributed by atoms with Crippen LogP contribution in [0.5, 0.6) is 0 Å². The van der Waals surface area contributed by atoms with E-state index in [-0.39, 0.29) is 0 Å². The first-order valence-electron chi connectivity index (χ1n) is 6.14. The first-order chi connectivity index (χ1) is 10.5. The summed E-state index contributed by atoms with van der Waals surface area (Å²) in [6.07, 6.45) is -3.05. The van der Waals surface area contributed by atoms with Gasteiger partial charge in [-0.1, -0.05) is 18.2 Å². The summed E-state index contributed by atoms with van der Waals surface area (Å²) in [5, 5.41) is 3.68. The van der Waals surface area contributed by atoms with Gasteiger partial charge in [-0.15, -0.1) is 0 Å². The molecule has 0 aliphatic rings. The Morgan fingerprint density at radius 2 is 1.68 bits per heavy atom. The third kappa shape index (κ3) is 2.67. The van der Waals surface area contributed by atoms with Crippen LogP contribution in [0.1, 0.15) is 33.0 Å². The molecule has 0 atom stereocenters. The maximum Gasteiger partial charge on any atom is 0.357 e. The molecule has 0 spiro atoms. The van der Waals surface area contributed by atoms with Crippen LogP contribution in [0.15, 0.2) is 30.3 Å². The molecule has 0 bridgehead atoms. The standard InChI is InChI=1S/C14H12F2N2O4/c1-21-13(19)9-10(12(15)16)17-18(11(9)14(20)22-2)8-6-4-3-5-7-8/h3-7,12H,1-2H3. The number of carbonyl (C=O) groups is 2. The van der Waals surface area contributed by atoms with Crippen LogP contribution in [0.25, 0.3) is 5.69 Å². The van der Waals surface area contributed by atoms with Crippen LogP contribution >= 0.6 is 0 Å². The van der Waals surface area contributed by atoms with Crippen molar-refractivity contribution in [2.24, 2.45) is 0 Å². The minimum Gasteiger partial charge on any atom is -0.465 e. The molecular weight excluding hydrogens is 298 g/mol. The van der Waals surface area contributed by atoms with Crippen molar-refractivity contribution in [2.75, 3.05) is 14.2 Å². The molecule has 0 N–H and O–H groups in total. The molecule has 0 aliphatic carbocycles. The first-order valence-corrected chi connectivity index (χ1v) is 6.14. The normalized spacial score (nSPS) is 10.6. The number of benzene rings is 1. The Balaban J connectivity index is 2.78. The van der Waals surface area contributed by atoms with Crippen molar-refractivity contribution in [1.29, 1.82) is 0 Å². The number of esters is 2. The molecule has 0 aliphatic heterocycles. The Morgan fingerprint density at radius 1 is 1.09 bits per heavy atom. The number of halogens is 2. The van der Waals surface area contributed by atoms with Gasteiger partial charge in [0.05, 0.1) is 19.9 Å². The second-order valence-electron chi connectivity index (χ2n) is 4.14. The van der Waals surface area contributed by atoms with Crippen LogP contribution in [-0.4, -0.2) is 35.9 Å². The lowest BCUT2D eigenvalue weighted by Gasteiger charge is -2.07. The minimum absolute atomic E-state index is 0.333. The highest BCUT2D eigenvalue weighted by molar-refractivity contribution is 6.03. The monoisotopic (exact) mass is 310 g/mol. The molecular formula is C14H12F2N2O4. The zero-order valence-electron chi connectivity index (χ0n) is 11.7. The Bertz CT molecular complexity index is 698. The topological polar surface area (TPSA) is 70.4 Å². The van der Waals surface area contributed by atoms with Crippen molar-refractivity contribution in [2.45, 2.75) is 6.43 Å². The Labute approximate surface area is 124 Å². The molecule has 0 saturated carbocycles. The van der Waals surface area contributed by atoms with Crippen molar-refractivity contribution >= 4 is 11.9 Å². The number of aromatic nitrogens is 2. The van der Waals surface area contributed by atoms with Gasteiger partial charge in [0.25, 0.3) is 6.43 Å². The van der Waals surface area contributed by atoms with Gasteiger partial charge in [0.15, 0.2) is 5.69 Å². The van der Waals surface area contributed by atoms with E-state index < -0.39 is 35.3 Å². The predicted octanol–water partition coefficient (Wildman–Crippen LogP) is 2.38. The van der Waals surface area contributed by atoms with Crippen LogP contribution in [-0.2, 0) is 9.47 Å². The lowest BCUT2D eigenvalue weighted by Crippen LogP contribution is -2.15. The third-order valence-corrected chi connectivity index (χ3v) is 2.89. The van der Waals surface area contributed by atoms with E-state index in [1.54, 1.807) is 30.3 Å². The zero-order chi connectivity index (χ0) is 16.3. The lowest BCUT2D eigenvalue weighted by atomic mass is 10.1. The molecule has 6 nitrogen and oxygen atoms in total. The number of methoxy groups -OCH3 is 2. The van der Waals surface area contributed by atoms with Gasteiger partial charge in [-0.05, 0) is 12.1 Å². The van der Waals surface area contributed by atoms with E-state index in [1.165, 1.54) is 0 Å². The van der Waals surface area contributed by atoms with E-state index in [0.29, 0.717) is 5.69 Å². The first kappa shape index (κ1) is 15.6. The predicted molar refractivity (Wildman–Crippen MR) is 71.2 cm³/mol. The molecule has 0 fully saturated rings. The fourth-order valence-electron chi connectivity index (χ4n) is 1.93. The summed E-state index contributed by atoms with van der Waals surface area (Å²) in [7, 11) is 2.10. The van der Waals surface area contributed by atoms with Gasteiger partial charge in [0.2, 0.25) is 0 Å². The second-order valence-corrected chi connectivity index (χ2v) is 4.14. The van der Waals surface area contributed by atoms with Gasteiger partial charge in [0.1, 0.15) is 11.3 Å². The van der Waals surface area contributed by atoms with E-state index in [1.807, 2.05) is 0 Å².